The Balaban J connectivity index is 1.80. The Bertz CT molecular complexity index is 475. The third-order valence-electron chi connectivity index (χ3n) is 4.46. The molecule has 3 atom stereocenters. The summed E-state index contributed by atoms with van der Waals surface area (Å²) in [7, 11) is 4.31. The number of rotatable bonds is 2. The quantitative estimate of drug-likeness (QED) is 0.880. The molecule has 1 saturated heterocycles. The largest absolute Gasteiger partial charge is 0.508 e. The van der Waals surface area contributed by atoms with Crippen molar-refractivity contribution in [3.63, 3.8) is 0 Å². The van der Waals surface area contributed by atoms with Crippen molar-refractivity contribution in [3.8, 4) is 11.5 Å². The van der Waals surface area contributed by atoms with Crippen LogP contribution < -0.4 is 4.74 Å². The van der Waals surface area contributed by atoms with Gasteiger partial charge in [-0.3, -0.25) is 4.90 Å². The van der Waals surface area contributed by atoms with Crippen molar-refractivity contribution < 1.29 is 9.84 Å². The van der Waals surface area contributed by atoms with Crippen molar-refractivity contribution in [2.24, 2.45) is 5.92 Å². The second-order valence-corrected chi connectivity index (χ2v) is 6.01. The zero-order chi connectivity index (χ0) is 13.6. The van der Waals surface area contributed by atoms with Gasteiger partial charge in [0.05, 0.1) is 6.04 Å². The Kier molecular flexibility index (Phi) is 3.15. The number of phenolic OH excluding ortho intramolecular Hbond substituents is 1. The summed E-state index contributed by atoms with van der Waals surface area (Å²) in [6, 6.07) is 6.42. The van der Waals surface area contributed by atoms with E-state index in [-0.39, 0.29) is 5.75 Å². The molecular weight excluding hydrogens is 240 g/mol. The number of likely N-dealkylation sites (tertiary alicyclic amines) is 1. The molecule has 4 nitrogen and oxygen atoms in total. The van der Waals surface area contributed by atoms with Gasteiger partial charge in [-0.15, -0.1) is 0 Å². The van der Waals surface area contributed by atoms with Crippen molar-refractivity contribution in [1.29, 1.82) is 0 Å². The third kappa shape index (κ3) is 2.19. The van der Waals surface area contributed by atoms with E-state index in [0.717, 1.165) is 18.8 Å². The molecule has 1 fully saturated rings. The van der Waals surface area contributed by atoms with Crippen LogP contribution in [0.25, 0.3) is 0 Å². The molecule has 2 aliphatic rings. The second-order valence-electron chi connectivity index (χ2n) is 6.01. The summed E-state index contributed by atoms with van der Waals surface area (Å²) in [5.74, 6) is 1.79. The Labute approximate surface area is 114 Å². The number of likely N-dealkylation sites (N-methyl/N-ethyl adjacent to an activating group) is 1. The van der Waals surface area contributed by atoms with Crippen LogP contribution in [-0.4, -0.2) is 54.7 Å². The van der Waals surface area contributed by atoms with Crippen LogP contribution in [0.2, 0.25) is 0 Å². The molecule has 3 unspecified atom stereocenters. The van der Waals surface area contributed by atoms with Gasteiger partial charge >= 0.3 is 0 Å². The normalized spacial score (nSPS) is 30.6. The van der Waals surface area contributed by atoms with Gasteiger partial charge in [0.2, 0.25) is 0 Å². The number of hydrogen-bond donors (Lipinski definition) is 1. The van der Waals surface area contributed by atoms with Gasteiger partial charge < -0.3 is 14.7 Å². The van der Waals surface area contributed by atoms with Gasteiger partial charge in [0.1, 0.15) is 18.1 Å². The molecule has 3 rings (SSSR count). The van der Waals surface area contributed by atoms with Crippen LogP contribution in [0.4, 0.5) is 0 Å². The predicted molar refractivity (Wildman–Crippen MR) is 74.6 cm³/mol. The smallest absolute Gasteiger partial charge is 0.127 e. The maximum Gasteiger partial charge on any atom is 0.127 e. The Morgan fingerprint density at radius 2 is 2.11 bits per heavy atom. The zero-order valence-corrected chi connectivity index (χ0v) is 11.8. The van der Waals surface area contributed by atoms with Crippen LogP contribution in [-0.2, 0) is 0 Å². The lowest BCUT2D eigenvalue weighted by atomic mass is 10.1. The topological polar surface area (TPSA) is 35.9 Å². The number of hydrogen-bond acceptors (Lipinski definition) is 4. The van der Waals surface area contributed by atoms with Crippen molar-refractivity contribution in [2.45, 2.75) is 19.0 Å². The molecule has 0 spiro atoms. The van der Waals surface area contributed by atoms with Gasteiger partial charge in [-0.1, -0.05) is 6.92 Å². The first-order valence-electron chi connectivity index (χ1n) is 6.92. The lowest BCUT2D eigenvalue weighted by molar-refractivity contribution is 0.181. The molecule has 1 N–H and O–H groups in total. The fraction of sp³-hybridized carbons (Fsp3) is 0.600. The SMILES string of the molecule is CC1CN(C2COc3cc(O)ccc32)CC1N(C)C. The lowest BCUT2D eigenvalue weighted by Crippen LogP contribution is -2.35. The molecule has 0 aromatic heterocycles. The van der Waals surface area contributed by atoms with E-state index in [1.807, 2.05) is 6.07 Å². The minimum Gasteiger partial charge on any atom is -0.508 e. The van der Waals surface area contributed by atoms with Gasteiger partial charge in [0, 0.05) is 30.8 Å². The molecule has 0 bridgehead atoms. The molecule has 104 valence electrons. The van der Waals surface area contributed by atoms with Crippen LogP contribution in [0, 0.1) is 5.92 Å². The number of ether oxygens (including phenoxy) is 1. The van der Waals surface area contributed by atoms with E-state index < -0.39 is 0 Å². The number of nitrogens with zero attached hydrogens (tertiary/aromatic N) is 2. The van der Waals surface area contributed by atoms with E-state index >= 15 is 0 Å². The first-order valence-corrected chi connectivity index (χ1v) is 6.92. The van der Waals surface area contributed by atoms with Gasteiger partial charge in [0.15, 0.2) is 0 Å². The lowest BCUT2D eigenvalue weighted by Gasteiger charge is -2.25. The Morgan fingerprint density at radius 3 is 2.79 bits per heavy atom. The fourth-order valence-electron chi connectivity index (χ4n) is 3.40. The minimum absolute atomic E-state index is 0.278. The van der Waals surface area contributed by atoms with E-state index in [9.17, 15) is 5.11 Å². The van der Waals surface area contributed by atoms with Crippen LogP contribution >= 0.6 is 0 Å². The number of aromatic hydroxyl groups is 1. The zero-order valence-electron chi connectivity index (χ0n) is 11.8. The standard InChI is InChI=1S/C15H22N2O2/c1-10-7-17(8-13(10)16(2)3)14-9-19-15-6-11(18)4-5-12(14)15/h4-6,10,13-14,18H,7-9H2,1-3H3. The van der Waals surface area contributed by atoms with Gasteiger partial charge in [-0.25, -0.2) is 0 Å². The highest BCUT2D eigenvalue weighted by atomic mass is 16.5. The molecule has 2 heterocycles. The highest BCUT2D eigenvalue weighted by Crippen LogP contribution is 2.40. The van der Waals surface area contributed by atoms with E-state index in [0.29, 0.717) is 24.6 Å². The van der Waals surface area contributed by atoms with Crippen LogP contribution in [0.3, 0.4) is 0 Å². The second kappa shape index (κ2) is 4.69. The molecular formula is C15H22N2O2. The van der Waals surface area contributed by atoms with E-state index in [1.54, 1.807) is 12.1 Å². The van der Waals surface area contributed by atoms with E-state index in [2.05, 4.69) is 30.8 Å². The molecule has 4 heteroatoms. The summed E-state index contributed by atoms with van der Waals surface area (Å²) in [4.78, 5) is 4.83. The molecule has 0 radical (unpaired) electrons. The van der Waals surface area contributed by atoms with E-state index in [1.165, 1.54) is 5.56 Å². The first kappa shape index (κ1) is 12.8. The summed E-state index contributed by atoms with van der Waals surface area (Å²) >= 11 is 0. The number of fused-ring (bicyclic) bond motifs is 1. The van der Waals surface area contributed by atoms with Gasteiger partial charge in [0.25, 0.3) is 0 Å². The van der Waals surface area contributed by atoms with Crippen molar-refractivity contribution >= 4 is 0 Å². The van der Waals surface area contributed by atoms with E-state index in [4.69, 9.17) is 4.74 Å². The third-order valence-corrected chi connectivity index (χ3v) is 4.46. The average Bonchev–Trinajstić information content (AvgIpc) is 2.91. The highest BCUT2D eigenvalue weighted by molar-refractivity contribution is 5.44. The molecule has 19 heavy (non-hydrogen) atoms. The van der Waals surface area contributed by atoms with Crippen molar-refractivity contribution in [3.05, 3.63) is 23.8 Å². The molecule has 1 aromatic rings. The first-order chi connectivity index (χ1) is 9.06. The summed E-state index contributed by atoms with van der Waals surface area (Å²) in [5, 5.41) is 9.50. The van der Waals surface area contributed by atoms with Crippen LogP contribution in [0.1, 0.15) is 18.5 Å². The molecule has 0 amide bonds. The average molecular weight is 262 g/mol. The fourth-order valence-corrected chi connectivity index (χ4v) is 3.40. The molecule has 0 saturated carbocycles. The van der Waals surface area contributed by atoms with Crippen LogP contribution in [0.15, 0.2) is 18.2 Å². The summed E-state index contributed by atoms with van der Waals surface area (Å²) in [6.45, 7) is 5.21. The van der Waals surface area contributed by atoms with Crippen molar-refractivity contribution in [2.75, 3.05) is 33.8 Å². The monoisotopic (exact) mass is 262 g/mol. The van der Waals surface area contributed by atoms with Gasteiger partial charge in [-0.05, 0) is 32.1 Å². The summed E-state index contributed by atoms with van der Waals surface area (Å²) < 4.78 is 5.72. The molecule has 1 aromatic carbocycles. The van der Waals surface area contributed by atoms with Crippen LogP contribution in [0.5, 0.6) is 11.5 Å². The maximum absolute atomic E-state index is 9.50. The summed E-state index contributed by atoms with van der Waals surface area (Å²) in [5.41, 5.74) is 1.21. The Morgan fingerprint density at radius 1 is 1.32 bits per heavy atom. The molecule has 0 aliphatic carbocycles. The van der Waals surface area contributed by atoms with Crippen molar-refractivity contribution in [1.82, 2.24) is 9.80 Å². The highest BCUT2D eigenvalue weighted by Gasteiger charge is 2.38. The predicted octanol–water partition coefficient (Wildman–Crippen LogP) is 1.71. The Hall–Kier alpha value is -1.26. The summed E-state index contributed by atoms with van der Waals surface area (Å²) in [6.07, 6.45) is 0. The minimum atomic E-state index is 0.278. The molecule has 2 aliphatic heterocycles. The number of benzene rings is 1. The maximum atomic E-state index is 9.50. The number of phenols is 1. The van der Waals surface area contributed by atoms with Gasteiger partial charge in [-0.2, -0.15) is 0 Å².